The fraction of sp³-hybridized carbons (Fsp3) is 0.500. The lowest BCUT2D eigenvalue weighted by molar-refractivity contribution is -0.384. The van der Waals surface area contributed by atoms with E-state index >= 15 is 0 Å². The molecule has 1 aliphatic rings. The first-order valence-corrected chi connectivity index (χ1v) is 6.78. The fourth-order valence-electron chi connectivity index (χ4n) is 2.44. The molecule has 0 aliphatic carbocycles. The number of carbonyl (C=O) groups excluding carboxylic acids is 1. The van der Waals surface area contributed by atoms with Gasteiger partial charge in [0, 0.05) is 38.9 Å². The van der Waals surface area contributed by atoms with Gasteiger partial charge >= 0.3 is 0 Å². The summed E-state index contributed by atoms with van der Waals surface area (Å²) in [5, 5.41) is 10.8. The molecule has 0 atom stereocenters. The standard InChI is InChI=1S/C14H19N3O4/c1-16(13(18)14(15)5-7-21-8-6-14)10-11-3-2-4-12(9-11)17(19)20/h2-4,9H,5-8,10,15H2,1H3. The third-order valence-electron chi connectivity index (χ3n) is 3.70. The normalized spacial score (nSPS) is 17.2. The summed E-state index contributed by atoms with van der Waals surface area (Å²) in [4.78, 5) is 24.3. The Labute approximate surface area is 122 Å². The van der Waals surface area contributed by atoms with Crippen LogP contribution in [-0.4, -0.2) is 41.5 Å². The molecule has 0 unspecified atom stereocenters. The van der Waals surface area contributed by atoms with Crippen molar-refractivity contribution in [2.45, 2.75) is 24.9 Å². The van der Waals surface area contributed by atoms with E-state index in [-0.39, 0.29) is 11.6 Å². The van der Waals surface area contributed by atoms with Crippen LogP contribution in [0, 0.1) is 10.1 Å². The lowest BCUT2D eigenvalue weighted by Crippen LogP contribution is -2.57. The number of nitrogens with zero attached hydrogens (tertiary/aromatic N) is 2. The summed E-state index contributed by atoms with van der Waals surface area (Å²) < 4.78 is 5.23. The van der Waals surface area contributed by atoms with E-state index in [4.69, 9.17) is 10.5 Å². The number of hydrogen-bond donors (Lipinski definition) is 1. The largest absolute Gasteiger partial charge is 0.381 e. The molecule has 0 radical (unpaired) electrons. The number of rotatable bonds is 4. The zero-order valence-corrected chi connectivity index (χ0v) is 11.9. The molecule has 1 aliphatic heterocycles. The predicted molar refractivity (Wildman–Crippen MR) is 76.5 cm³/mol. The summed E-state index contributed by atoms with van der Waals surface area (Å²) in [5.41, 5.74) is 5.98. The monoisotopic (exact) mass is 293 g/mol. The molecule has 0 aromatic heterocycles. The Morgan fingerprint density at radius 2 is 2.14 bits per heavy atom. The molecule has 7 nitrogen and oxygen atoms in total. The van der Waals surface area contributed by atoms with Crippen LogP contribution in [0.3, 0.4) is 0 Å². The molecule has 0 bridgehead atoms. The molecule has 1 aromatic rings. The lowest BCUT2D eigenvalue weighted by atomic mass is 9.89. The first kappa shape index (κ1) is 15.4. The van der Waals surface area contributed by atoms with Crippen LogP contribution in [0.25, 0.3) is 0 Å². The number of hydrogen-bond acceptors (Lipinski definition) is 5. The lowest BCUT2D eigenvalue weighted by Gasteiger charge is -2.35. The van der Waals surface area contributed by atoms with E-state index in [1.165, 1.54) is 17.0 Å². The maximum Gasteiger partial charge on any atom is 0.269 e. The van der Waals surface area contributed by atoms with Crippen molar-refractivity contribution in [1.82, 2.24) is 4.90 Å². The van der Waals surface area contributed by atoms with Crippen molar-refractivity contribution in [3.8, 4) is 0 Å². The molecule has 21 heavy (non-hydrogen) atoms. The Hall–Kier alpha value is -1.99. The van der Waals surface area contributed by atoms with Gasteiger partial charge in [-0.2, -0.15) is 0 Å². The Morgan fingerprint density at radius 3 is 2.76 bits per heavy atom. The van der Waals surface area contributed by atoms with Crippen LogP contribution in [-0.2, 0) is 16.1 Å². The molecule has 1 amide bonds. The topological polar surface area (TPSA) is 98.7 Å². The minimum atomic E-state index is -0.895. The Bertz CT molecular complexity index is 541. The number of ether oxygens (including phenoxy) is 1. The first-order chi connectivity index (χ1) is 9.92. The Morgan fingerprint density at radius 1 is 1.48 bits per heavy atom. The Balaban J connectivity index is 2.06. The second kappa shape index (κ2) is 6.19. The highest BCUT2D eigenvalue weighted by atomic mass is 16.6. The molecule has 114 valence electrons. The molecule has 7 heteroatoms. The Kier molecular flexibility index (Phi) is 4.54. The van der Waals surface area contributed by atoms with Gasteiger partial charge in [-0.25, -0.2) is 0 Å². The van der Waals surface area contributed by atoms with Crippen molar-refractivity contribution in [1.29, 1.82) is 0 Å². The van der Waals surface area contributed by atoms with Gasteiger partial charge in [0.05, 0.1) is 10.5 Å². The van der Waals surface area contributed by atoms with Crippen LogP contribution in [0.15, 0.2) is 24.3 Å². The van der Waals surface area contributed by atoms with Gasteiger partial charge in [-0.15, -0.1) is 0 Å². The maximum atomic E-state index is 12.5. The van der Waals surface area contributed by atoms with Gasteiger partial charge < -0.3 is 15.4 Å². The van der Waals surface area contributed by atoms with Gasteiger partial charge in [0.1, 0.15) is 0 Å². The van der Waals surface area contributed by atoms with Crippen molar-refractivity contribution >= 4 is 11.6 Å². The minimum Gasteiger partial charge on any atom is -0.381 e. The molecule has 1 heterocycles. The number of nitro groups is 1. The van der Waals surface area contributed by atoms with Gasteiger partial charge in [-0.3, -0.25) is 14.9 Å². The highest BCUT2D eigenvalue weighted by Gasteiger charge is 2.37. The van der Waals surface area contributed by atoms with E-state index in [0.29, 0.717) is 38.2 Å². The number of carbonyl (C=O) groups is 1. The van der Waals surface area contributed by atoms with Crippen LogP contribution in [0.5, 0.6) is 0 Å². The van der Waals surface area contributed by atoms with Crippen LogP contribution in [0.2, 0.25) is 0 Å². The molecule has 0 spiro atoms. The SMILES string of the molecule is CN(Cc1cccc([N+](=O)[O-])c1)C(=O)C1(N)CCOCC1. The fourth-order valence-corrected chi connectivity index (χ4v) is 2.44. The van der Waals surface area contributed by atoms with E-state index < -0.39 is 10.5 Å². The average Bonchev–Trinajstić information content (AvgIpc) is 2.47. The van der Waals surface area contributed by atoms with E-state index in [1.807, 2.05) is 0 Å². The molecule has 2 N–H and O–H groups in total. The van der Waals surface area contributed by atoms with E-state index in [0.717, 1.165) is 0 Å². The maximum absolute atomic E-state index is 12.5. The highest BCUT2D eigenvalue weighted by molar-refractivity contribution is 5.86. The molecule has 0 saturated carbocycles. The number of benzene rings is 1. The minimum absolute atomic E-state index is 0.0156. The first-order valence-electron chi connectivity index (χ1n) is 6.78. The predicted octanol–water partition coefficient (Wildman–Crippen LogP) is 1.06. The zero-order valence-electron chi connectivity index (χ0n) is 11.9. The molecular formula is C14H19N3O4. The number of non-ortho nitro benzene ring substituents is 1. The third kappa shape index (κ3) is 3.56. The van der Waals surface area contributed by atoms with Crippen molar-refractivity contribution in [3.05, 3.63) is 39.9 Å². The van der Waals surface area contributed by atoms with E-state index in [9.17, 15) is 14.9 Å². The molecule has 1 aromatic carbocycles. The van der Waals surface area contributed by atoms with Crippen molar-refractivity contribution in [3.63, 3.8) is 0 Å². The molecular weight excluding hydrogens is 274 g/mol. The smallest absolute Gasteiger partial charge is 0.269 e. The second-order valence-electron chi connectivity index (χ2n) is 5.36. The van der Waals surface area contributed by atoms with Gasteiger partial charge in [0.2, 0.25) is 5.91 Å². The average molecular weight is 293 g/mol. The molecule has 1 fully saturated rings. The zero-order chi connectivity index (χ0) is 15.5. The summed E-state index contributed by atoms with van der Waals surface area (Å²) in [7, 11) is 1.66. The number of nitro benzene ring substituents is 1. The van der Waals surface area contributed by atoms with Crippen LogP contribution >= 0.6 is 0 Å². The molecule has 2 rings (SSSR count). The van der Waals surface area contributed by atoms with E-state index in [1.54, 1.807) is 19.2 Å². The second-order valence-corrected chi connectivity index (χ2v) is 5.36. The van der Waals surface area contributed by atoms with Crippen molar-refractivity contribution in [2.24, 2.45) is 5.73 Å². The summed E-state index contributed by atoms with van der Waals surface area (Å²) in [6, 6.07) is 6.26. The summed E-state index contributed by atoms with van der Waals surface area (Å²) >= 11 is 0. The quantitative estimate of drug-likeness (QED) is 0.661. The number of amides is 1. The highest BCUT2D eigenvalue weighted by Crippen LogP contribution is 2.21. The summed E-state index contributed by atoms with van der Waals surface area (Å²) in [6.45, 7) is 1.25. The summed E-state index contributed by atoms with van der Waals surface area (Å²) in [6.07, 6.45) is 0.982. The third-order valence-corrected chi connectivity index (χ3v) is 3.70. The van der Waals surface area contributed by atoms with Crippen LogP contribution in [0.4, 0.5) is 5.69 Å². The number of likely N-dealkylation sites (N-methyl/N-ethyl adjacent to an activating group) is 1. The van der Waals surface area contributed by atoms with Crippen LogP contribution in [0.1, 0.15) is 18.4 Å². The van der Waals surface area contributed by atoms with Gasteiger partial charge in [-0.05, 0) is 18.4 Å². The van der Waals surface area contributed by atoms with Crippen LogP contribution < -0.4 is 5.73 Å². The van der Waals surface area contributed by atoms with Crippen molar-refractivity contribution in [2.75, 3.05) is 20.3 Å². The van der Waals surface area contributed by atoms with Gasteiger partial charge in [-0.1, -0.05) is 12.1 Å². The number of nitrogens with two attached hydrogens (primary N) is 1. The van der Waals surface area contributed by atoms with Gasteiger partial charge in [0.25, 0.3) is 5.69 Å². The van der Waals surface area contributed by atoms with Crippen molar-refractivity contribution < 1.29 is 14.5 Å². The molecule has 1 saturated heterocycles. The van der Waals surface area contributed by atoms with Gasteiger partial charge in [0.15, 0.2) is 0 Å². The van der Waals surface area contributed by atoms with E-state index in [2.05, 4.69) is 0 Å². The summed E-state index contributed by atoms with van der Waals surface area (Å²) in [5.74, 6) is -0.155.